The summed E-state index contributed by atoms with van der Waals surface area (Å²) < 4.78 is 79.7. The molecule has 0 spiro atoms. The summed E-state index contributed by atoms with van der Waals surface area (Å²) in [5.41, 5.74) is -1.53. The summed E-state index contributed by atoms with van der Waals surface area (Å²) in [7, 11) is -8.88. The Bertz CT molecular complexity index is 2390. The first-order valence-electron chi connectivity index (χ1n) is 16.1. The Kier molecular flexibility index (Phi) is 11.5. The number of ether oxygens (including phenoxy) is 1. The van der Waals surface area contributed by atoms with Crippen molar-refractivity contribution in [2.45, 2.75) is 56.6 Å². The number of aromatic nitrogens is 2. The maximum absolute atomic E-state index is 16.2. The highest BCUT2D eigenvalue weighted by molar-refractivity contribution is 7.90. The lowest BCUT2D eigenvalue weighted by Crippen LogP contribution is -2.25. The van der Waals surface area contributed by atoms with Gasteiger partial charge in [0.25, 0.3) is 0 Å². The molecule has 5 rings (SSSR count). The topological polar surface area (TPSA) is 165 Å². The van der Waals surface area contributed by atoms with Crippen molar-refractivity contribution in [3.63, 3.8) is 0 Å². The van der Waals surface area contributed by atoms with Crippen molar-refractivity contribution in [2.24, 2.45) is 0 Å². The van der Waals surface area contributed by atoms with E-state index in [-0.39, 0.29) is 34.7 Å². The van der Waals surface area contributed by atoms with Crippen LogP contribution >= 0.6 is 31.0 Å². The van der Waals surface area contributed by atoms with Crippen molar-refractivity contribution in [3.8, 4) is 22.6 Å². The molecule has 1 heterocycles. The second-order valence-electron chi connectivity index (χ2n) is 13.5. The van der Waals surface area contributed by atoms with Crippen molar-refractivity contribution in [3.05, 3.63) is 129 Å². The average molecular weight is 824 g/mol. The van der Waals surface area contributed by atoms with Crippen LogP contribution in [0.4, 0.5) is 8.78 Å². The highest BCUT2D eigenvalue weighted by atomic mass is 35.5. The molecule has 0 unspecified atom stereocenters. The number of carbonyl (C=O) groups is 1. The molecule has 0 aliphatic carbocycles. The Hall–Kier alpha value is -4.14. The predicted octanol–water partition coefficient (Wildman–Crippen LogP) is 7.84. The Balaban J connectivity index is 1.46. The fraction of sp³-hybridized carbons (Fsp3) is 0.243. The minimum Gasteiger partial charge on any atom is -0.460 e. The summed E-state index contributed by atoms with van der Waals surface area (Å²) in [6, 6.07) is 16.4. The van der Waals surface area contributed by atoms with Gasteiger partial charge in [-0.3, -0.25) is 19.1 Å². The molecule has 5 aromatic rings. The van der Waals surface area contributed by atoms with Crippen LogP contribution in [0.25, 0.3) is 16.8 Å². The lowest BCUT2D eigenvalue weighted by molar-refractivity contribution is -0.144. The van der Waals surface area contributed by atoms with Gasteiger partial charge in [0, 0.05) is 33.6 Å². The van der Waals surface area contributed by atoms with Crippen LogP contribution in [0.2, 0.25) is 10.0 Å². The van der Waals surface area contributed by atoms with Gasteiger partial charge in [-0.2, -0.15) is 0 Å². The van der Waals surface area contributed by atoms with E-state index in [2.05, 4.69) is 9.51 Å². The van der Waals surface area contributed by atoms with Crippen LogP contribution in [0.1, 0.15) is 55.9 Å². The van der Waals surface area contributed by atoms with E-state index in [4.69, 9.17) is 37.7 Å². The van der Waals surface area contributed by atoms with Crippen molar-refractivity contribution in [1.82, 2.24) is 9.55 Å². The maximum Gasteiger partial charge on any atom is 0.524 e. The SMILES string of the molecule is CC(C)(O)c1cn(-c2ccc(-c3cc(F)c(COC(=O)Cc4ccc(OP(=O)(O)O)cc4)c(S(C)(=O)=O)c3)cc2F)c(C(C)(C)c2c(Cl)cccc2Cl)n1. The molecule has 54 heavy (non-hydrogen) atoms. The summed E-state index contributed by atoms with van der Waals surface area (Å²) in [5, 5.41) is 11.5. The van der Waals surface area contributed by atoms with Gasteiger partial charge in [0.2, 0.25) is 0 Å². The second-order valence-corrected chi connectivity index (χ2v) is 17.5. The van der Waals surface area contributed by atoms with Crippen LogP contribution in [0.3, 0.4) is 0 Å². The number of esters is 1. The molecule has 1 aromatic heterocycles. The lowest BCUT2D eigenvalue weighted by Gasteiger charge is -2.28. The number of sulfone groups is 1. The van der Waals surface area contributed by atoms with Crippen LogP contribution < -0.4 is 4.52 Å². The van der Waals surface area contributed by atoms with E-state index >= 15 is 8.78 Å². The summed E-state index contributed by atoms with van der Waals surface area (Å²) in [6.45, 7) is 5.94. The normalized spacial score (nSPS) is 12.5. The molecule has 0 atom stereocenters. The van der Waals surface area contributed by atoms with Gasteiger partial charge in [0.15, 0.2) is 9.84 Å². The van der Waals surface area contributed by atoms with E-state index in [1.807, 2.05) is 0 Å². The molecule has 0 bridgehead atoms. The van der Waals surface area contributed by atoms with Crippen molar-refractivity contribution < 1.29 is 50.7 Å². The quantitative estimate of drug-likeness (QED) is 0.0834. The first-order chi connectivity index (χ1) is 25.0. The standard InChI is InChI=1S/C37H35Cl2F2N2O9PS/c1-36(2,34-26(38)7-6-8-27(34)39)35-42-32(37(3,4)45)19-43(35)30-14-11-22(16-29(30)41)23-17-28(40)25(31(18-23)54(5,49)50)20-51-33(44)15-21-9-12-24(13-10-21)52-53(46,47)48/h6-14,16-19,45H,15,20H2,1-5H3,(H2,46,47,48). The number of phosphoric acid groups is 1. The number of phosphoric ester groups is 1. The molecular weight excluding hydrogens is 788 g/mol. The molecular formula is C37H35Cl2F2N2O9PS. The number of halogens is 4. The van der Waals surface area contributed by atoms with Crippen molar-refractivity contribution >= 4 is 46.8 Å². The van der Waals surface area contributed by atoms with Gasteiger partial charge in [-0.15, -0.1) is 0 Å². The summed E-state index contributed by atoms with van der Waals surface area (Å²) in [5.74, 6) is -2.48. The highest BCUT2D eigenvalue weighted by Crippen LogP contribution is 2.42. The third kappa shape index (κ3) is 9.20. The van der Waals surface area contributed by atoms with Crippen LogP contribution in [-0.2, 0) is 48.0 Å². The summed E-state index contributed by atoms with van der Waals surface area (Å²) in [6.07, 6.45) is 2.03. The molecule has 3 N–H and O–H groups in total. The van der Waals surface area contributed by atoms with Crippen molar-refractivity contribution in [2.75, 3.05) is 6.26 Å². The largest absolute Gasteiger partial charge is 0.524 e. The molecule has 0 aliphatic heterocycles. The van der Waals surface area contributed by atoms with E-state index in [0.29, 0.717) is 27.0 Å². The Morgan fingerprint density at radius 3 is 2.09 bits per heavy atom. The number of carbonyl (C=O) groups excluding carboxylic acids is 1. The van der Waals surface area contributed by atoms with E-state index in [1.54, 1.807) is 32.0 Å². The number of nitrogens with zero attached hydrogens (tertiary/aromatic N) is 2. The molecule has 0 fully saturated rings. The molecule has 0 aliphatic rings. The molecule has 0 radical (unpaired) electrons. The minimum atomic E-state index is -4.78. The van der Waals surface area contributed by atoms with Crippen LogP contribution in [0.15, 0.2) is 83.9 Å². The zero-order valence-electron chi connectivity index (χ0n) is 29.5. The number of benzene rings is 4. The monoisotopic (exact) mass is 822 g/mol. The third-order valence-corrected chi connectivity index (χ3v) is 10.7. The fourth-order valence-electron chi connectivity index (χ4n) is 5.81. The Labute approximate surface area is 320 Å². The van der Waals surface area contributed by atoms with Gasteiger partial charge in [-0.1, -0.05) is 47.5 Å². The molecule has 4 aromatic carbocycles. The molecule has 17 heteroatoms. The zero-order valence-corrected chi connectivity index (χ0v) is 32.7. The predicted molar refractivity (Wildman–Crippen MR) is 198 cm³/mol. The summed E-state index contributed by atoms with van der Waals surface area (Å²) in [4.78, 5) is 34.6. The summed E-state index contributed by atoms with van der Waals surface area (Å²) >= 11 is 13.1. The zero-order chi connectivity index (χ0) is 40.0. The first-order valence-corrected chi connectivity index (χ1v) is 20.2. The van der Waals surface area contributed by atoms with E-state index in [0.717, 1.165) is 24.5 Å². The minimum absolute atomic E-state index is 0.0179. The van der Waals surface area contributed by atoms with Gasteiger partial charge in [0.05, 0.1) is 28.1 Å². The Morgan fingerprint density at radius 1 is 0.926 bits per heavy atom. The number of rotatable bonds is 12. The van der Waals surface area contributed by atoms with E-state index in [9.17, 15) is 22.9 Å². The Morgan fingerprint density at radius 2 is 1.54 bits per heavy atom. The van der Waals surface area contributed by atoms with Gasteiger partial charge < -0.3 is 14.4 Å². The van der Waals surface area contributed by atoms with E-state index in [1.165, 1.54) is 61.0 Å². The first kappa shape index (κ1) is 41.0. The van der Waals surface area contributed by atoms with E-state index < -0.39 is 63.3 Å². The molecule has 0 amide bonds. The molecule has 0 saturated heterocycles. The van der Waals surface area contributed by atoms with Crippen LogP contribution in [0, 0.1) is 11.6 Å². The highest BCUT2D eigenvalue weighted by Gasteiger charge is 2.36. The smallest absolute Gasteiger partial charge is 0.460 e. The van der Waals surface area contributed by atoms with Crippen LogP contribution in [0.5, 0.6) is 5.75 Å². The maximum atomic E-state index is 16.2. The lowest BCUT2D eigenvalue weighted by atomic mass is 9.83. The molecule has 0 saturated carbocycles. The molecule has 11 nitrogen and oxygen atoms in total. The molecule has 286 valence electrons. The van der Waals surface area contributed by atoms with Crippen LogP contribution in [-0.4, -0.2) is 45.1 Å². The number of imidazole rings is 1. The number of hydrogen-bond donors (Lipinski definition) is 3. The fourth-order valence-corrected chi connectivity index (χ4v) is 8.02. The number of aliphatic hydroxyl groups is 1. The van der Waals surface area contributed by atoms with Gasteiger partial charge in [-0.25, -0.2) is 26.7 Å². The van der Waals surface area contributed by atoms with Gasteiger partial charge >= 0.3 is 13.8 Å². The van der Waals surface area contributed by atoms with Crippen molar-refractivity contribution in [1.29, 1.82) is 0 Å². The number of hydrogen-bond acceptors (Lipinski definition) is 8. The average Bonchev–Trinajstić information content (AvgIpc) is 3.51. The van der Waals surface area contributed by atoms with Gasteiger partial charge in [0.1, 0.15) is 35.4 Å². The second kappa shape index (κ2) is 15.2. The third-order valence-electron chi connectivity index (χ3n) is 8.45. The van der Waals surface area contributed by atoms with Gasteiger partial charge in [-0.05, 0) is 92.9 Å².